The molecule has 0 N–H and O–H groups in total. The molecule has 0 unspecified atom stereocenters. The van der Waals surface area contributed by atoms with Crippen molar-refractivity contribution >= 4 is 15.9 Å². The average molecular weight is 379 g/mol. The highest BCUT2D eigenvalue weighted by molar-refractivity contribution is 7.89. The minimum absolute atomic E-state index is 0.127. The minimum Gasteiger partial charge on any atom is -0.334 e. The number of carbonyl (C=O) groups is 1. The standard InChI is InChI=1S/C17H25N5O3S/c1-6-22(7-2)26(24,25)14-9-8-13(3)15(10-14)17(23)20(4)11-16-19-18-12-21(16)5/h8-10,12H,6-7,11H2,1-5H3. The van der Waals surface area contributed by atoms with E-state index in [-0.39, 0.29) is 17.3 Å². The molecule has 26 heavy (non-hydrogen) atoms. The molecule has 9 heteroatoms. The fourth-order valence-electron chi connectivity index (χ4n) is 2.64. The number of aromatic nitrogens is 3. The lowest BCUT2D eigenvalue weighted by Crippen LogP contribution is -2.31. The SMILES string of the molecule is CCN(CC)S(=O)(=O)c1ccc(C)c(C(=O)N(C)Cc2nncn2C)c1. The number of sulfonamides is 1. The number of carbonyl (C=O) groups excluding carboxylic acids is 1. The van der Waals surface area contributed by atoms with Gasteiger partial charge in [0.1, 0.15) is 6.33 Å². The van der Waals surface area contributed by atoms with Crippen LogP contribution in [0.3, 0.4) is 0 Å². The van der Waals surface area contributed by atoms with Gasteiger partial charge in [-0.2, -0.15) is 4.31 Å². The van der Waals surface area contributed by atoms with Gasteiger partial charge in [-0.3, -0.25) is 4.79 Å². The minimum atomic E-state index is -3.62. The van der Waals surface area contributed by atoms with Crippen molar-refractivity contribution in [2.75, 3.05) is 20.1 Å². The van der Waals surface area contributed by atoms with E-state index in [1.165, 1.54) is 15.3 Å². The maximum absolute atomic E-state index is 12.9. The first-order valence-corrected chi connectivity index (χ1v) is 9.85. The third-order valence-corrected chi connectivity index (χ3v) is 6.36. The summed E-state index contributed by atoms with van der Waals surface area (Å²) in [7, 11) is -0.164. The molecule has 0 bridgehead atoms. The summed E-state index contributed by atoms with van der Waals surface area (Å²) in [6.45, 7) is 6.40. The van der Waals surface area contributed by atoms with Crippen LogP contribution < -0.4 is 0 Å². The predicted molar refractivity (Wildman–Crippen MR) is 98.1 cm³/mol. The predicted octanol–water partition coefficient (Wildman–Crippen LogP) is 1.43. The molecule has 0 fully saturated rings. The maximum atomic E-state index is 12.9. The Hall–Kier alpha value is -2.26. The molecule has 0 saturated carbocycles. The van der Waals surface area contributed by atoms with Gasteiger partial charge in [0.2, 0.25) is 10.0 Å². The fourth-order valence-corrected chi connectivity index (χ4v) is 4.13. The average Bonchev–Trinajstić information content (AvgIpc) is 3.00. The summed E-state index contributed by atoms with van der Waals surface area (Å²) in [6, 6.07) is 4.67. The van der Waals surface area contributed by atoms with Crippen LogP contribution in [0.1, 0.15) is 35.6 Å². The Bertz CT molecular complexity index is 888. The molecule has 1 aromatic carbocycles. The monoisotopic (exact) mass is 379 g/mol. The Balaban J connectivity index is 2.34. The summed E-state index contributed by atoms with van der Waals surface area (Å²) < 4.78 is 28.6. The number of hydrogen-bond donors (Lipinski definition) is 0. The van der Waals surface area contributed by atoms with E-state index in [0.29, 0.717) is 24.5 Å². The van der Waals surface area contributed by atoms with E-state index in [1.807, 2.05) is 0 Å². The molecule has 1 amide bonds. The summed E-state index contributed by atoms with van der Waals surface area (Å²) >= 11 is 0. The molecule has 0 saturated heterocycles. The zero-order valence-corrected chi connectivity index (χ0v) is 16.6. The van der Waals surface area contributed by atoms with Crippen molar-refractivity contribution in [3.05, 3.63) is 41.5 Å². The second kappa shape index (κ2) is 7.96. The van der Waals surface area contributed by atoms with E-state index in [9.17, 15) is 13.2 Å². The molecule has 0 aliphatic carbocycles. The van der Waals surface area contributed by atoms with Gasteiger partial charge in [-0.05, 0) is 24.6 Å². The normalized spacial score (nSPS) is 11.8. The smallest absolute Gasteiger partial charge is 0.254 e. The molecule has 1 heterocycles. The number of benzene rings is 1. The molecule has 0 spiro atoms. The van der Waals surface area contributed by atoms with Crippen LogP contribution in [0.15, 0.2) is 29.4 Å². The van der Waals surface area contributed by atoms with E-state index in [4.69, 9.17) is 0 Å². The van der Waals surface area contributed by atoms with Gasteiger partial charge in [0.05, 0.1) is 11.4 Å². The zero-order chi connectivity index (χ0) is 19.5. The van der Waals surface area contributed by atoms with Crippen molar-refractivity contribution in [2.45, 2.75) is 32.2 Å². The van der Waals surface area contributed by atoms with Crippen molar-refractivity contribution in [1.29, 1.82) is 0 Å². The van der Waals surface area contributed by atoms with E-state index >= 15 is 0 Å². The third-order valence-electron chi connectivity index (χ3n) is 4.31. The van der Waals surface area contributed by atoms with Crippen LogP contribution in [0, 0.1) is 6.92 Å². The Morgan fingerprint density at radius 3 is 2.42 bits per heavy atom. The maximum Gasteiger partial charge on any atom is 0.254 e. The summed E-state index contributed by atoms with van der Waals surface area (Å²) in [6.07, 6.45) is 1.57. The molecule has 2 rings (SSSR count). The van der Waals surface area contributed by atoms with Gasteiger partial charge < -0.3 is 9.47 Å². The van der Waals surface area contributed by atoms with Gasteiger partial charge in [-0.25, -0.2) is 8.42 Å². The lowest BCUT2D eigenvalue weighted by atomic mass is 10.1. The number of amides is 1. The topological polar surface area (TPSA) is 88.4 Å². The molecule has 0 aliphatic rings. The molecule has 0 atom stereocenters. The van der Waals surface area contributed by atoms with Gasteiger partial charge in [-0.15, -0.1) is 10.2 Å². The number of nitrogens with zero attached hydrogens (tertiary/aromatic N) is 5. The Morgan fingerprint density at radius 1 is 1.23 bits per heavy atom. The van der Waals surface area contributed by atoms with Gasteiger partial charge in [0.25, 0.3) is 5.91 Å². The van der Waals surface area contributed by atoms with Crippen LogP contribution in [-0.4, -0.2) is 58.4 Å². The van der Waals surface area contributed by atoms with E-state index in [1.54, 1.807) is 57.9 Å². The van der Waals surface area contributed by atoms with Gasteiger partial charge >= 0.3 is 0 Å². The highest BCUT2D eigenvalue weighted by Gasteiger charge is 2.24. The van der Waals surface area contributed by atoms with Crippen molar-refractivity contribution in [1.82, 2.24) is 24.0 Å². The summed E-state index contributed by atoms with van der Waals surface area (Å²) in [5.41, 5.74) is 1.08. The van der Waals surface area contributed by atoms with Crippen LogP contribution >= 0.6 is 0 Å². The van der Waals surface area contributed by atoms with Gasteiger partial charge in [0, 0.05) is 32.7 Å². The van der Waals surface area contributed by atoms with E-state index in [2.05, 4.69) is 10.2 Å². The van der Waals surface area contributed by atoms with Crippen LogP contribution in [-0.2, 0) is 23.6 Å². The van der Waals surface area contributed by atoms with Crippen LogP contribution in [0.2, 0.25) is 0 Å². The second-order valence-corrected chi connectivity index (χ2v) is 8.02. The first-order valence-electron chi connectivity index (χ1n) is 8.41. The fraction of sp³-hybridized carbons (Fsp3) is 0.471. The van der Waals surface area contributed by atoms with Crippen molar-refractivity contribution in [2.24, 2.45) is 7.05 Å². The largest absolute Gasteiger partial charge is 0.334 e. The van der Waals surface area contributed by atoms with Gasteiger partial charge in [0.15, 0.2) is 5.82 Å². The molecular formula is C17H25N5O3S. The molecule has 8 nitrogen and oxygen atoms in total. The van der Waals surface area contributed by atoms with Crippen LogP contribution in [0.25, 0.3) is 0 Å². The lowest BCUT2D eigenvalue weighted by molar-refractivity contribution is 0.0779. The third kappa shape index (κ3) is 3.94. The second-order valence-electron chi connectivity index (χ2n) is 6.09. The van der Waals surface area contributed by atoms with Crippen molar-refractivity contribution < 1.29 is 13.2 Å². The summed E-state index contributed by atoms with van der Waals surface area (Å²) in [5.74, 6) is 0.382. The molecule has 2 aromatic rings. The zero-order valence-electron chi connectivity index (χ0n) is 15.8. The quantitative estimate of drug-likeness (QED) is 0.726. The van der Waals surface area contributed by atoms with Crippen molar-refractivity contribution in [3.63, 3.8) is 0 Å². The van der Waals surface area contributed by atoms with Crippen molar-refractivity contribution in [3.8, 4) is 0 Å². The Morgan fingerprint density at radius 2 is 1.88 bits per heavy atom. The lowest BCUT2D eigenvalue weighted by Gasteiger charge is -2.21. The Kier molecular flexibility index (Phi) is 6.14. The van der Waals surface area contributed by atoms with Gasteiger partial charge in [-0.1, -0.05) is 19.9 Å². The Labute approximate surface area is 154 Å². The van der Waals surface area contributed by atoms with Crippen LogP contribution in [0.5, 0.6) is 0 Å². The highest BCUT2D eigenvalue weighted by atomic mass is 32.2. The van der Waals surface area contributed by atoms with E-state index < -0.39 is 10.0 Å². The molecule has 1 aromatic heterocycles. The number of aryl methyl sites for hydroxylation is 2. The highest BCUT2D eigenvalue weighted by Crippen LogP contribution is 2.21. The molecule has 0 aliphatic heterocycles. The number of hydrogen-bond acceptors (Lipinski definition) is 5. The first-order chi connectivity index (χ1) is 12.2. The molecule has 0 radical (unpaired) electrons. The summed E-state index contributed by atoms with van der Waals surface area (Å²) in [5, 5.41) is 7.77. The molecular weight excluding hydrogens is 354 g/mol. The summed E-state index contributed by atoms with van der Waals surface area (Å²) in [4.78, 5) is 14.5. The molecule has 142 valence electrons. The van der Waals surface area contributed by atoms with E-state index in [0.717, 1.165) is 5.56 Å². The van der Waals surface area contributed by atoms with Crippen LogP contribution in [0.4, 0.5) is 0 Å². The number of rotatable bonds is 7. The first kappa shape index (κ1) is 20.1.